The van der Waals surface area contributed by atoms with Gasteiger partial charge in [-0.3, -0.25) is 9.59 Å². The van der Waals surface area contributed by atoms with Crippen LogP contribution in [0.15, 0.2) is 40.9 Å². The molecule has 28 heavy (non-hydrogen) atoms. The third-order valence-electron chi connectivity index (χ3n) is 4.50. The number of amides is 2. The predicted octanol–water partition coefficient (Wildman–Crippen LogP) is 3.36. The molecule has 4 rings (SSSR count). The summed E-state index contributed by atoms with van der Waals surface area (Å²) in [6, 6.07) is 10.7. The van der Waals surface area contributed by atoms with Gasteiger partial charge in [-0.15, -0.1) is 0 Å². The Hall–Kier alpha value is -2.74. The number of ether oxygens (including phenoxy) is 3. The van der Waals surface area contributed by atoms with Crippen molar-refractivity contribution in [1.82, 2.24) is 0 Å². The third-order valence-corrected chi connectivity index (χ3v) is 5.15. The van der Waals surface area contributed by atoms with Gasteiger partial charge in [0.2, 0.25) is 5.91 Å². The van der Waals surface area contributed by atoms with Crippen molar-refractivity contribution < 1.29 is 23.8 Å². The molecule has 0 spiro atoms. The van der Waals surface area contributed by atoms with Gasteiger partial charge in [0.25, 0.3) is 5.91 Å². The highest BCUT2D eigenvalue weighted by atomic mass is 79.9. The Labute approximate surface area is 170 Å². The van der Waals surface area contributed by atoms with Crippen molar-refractivity contribution in [2.24, 2.45) is 0 Å². The van der Waals surface area contributed by atoms with Crippen molar-refractivity contribution in [3.63, 3.8) is 0 Å². The van der Waals surface area contributed by atoms with Crippen molar-refractivity contribution in [3.8, 4) is 17.2 Å². The van der Waals surface area contributed by atoms with Gasteiger partial charge in [-0.2, -0.15) is 0 Å². The molecule has 0 unspecified atom stereocenters. The summed E-state index contributed by atoms with van der Waals surface area (Å²) in [5.41, 5.74) is 1.43. The number of fused-ring (bicyclic) bond motifs is 1. The minimum absolute atomic E-state index is 0.136. The van der Waals surface area contributed by atoms with Crippen LogP contribution in [0.4, 0.5) is 11.4 Å². The minimum Gasteiger partial charge on any atom is -0.486 e. The average Bonchev–Trinajstić information content (AvgIpc) is 3.13. The zero-order valence-electron chi connectivity index (χ0n) is 15.1. The Kier molecular flexibility index (Phi) is 5.38. The summed E-state index contributed by atoms with van der Waals surface area (Å²) in [5, 5.41) is 2.79. The van der Waals surface area contributed by atoms with Gasteiger partial charge >= 0.3 is 0 Å². The predicted molar refractivity (Wildman–Crippen MR) is 107 cm³/mol. The zero-order chi connectivity index (χ0) is 19.5. The molecule has 2 aromatic rings. The van der Waals surface area contributed by atoms with Crippen LogP contribution in [0, 0.1) is 0 Å². The molecule has 1 N–H and O–H groups in total. The number of benzene rings is 2. The lowest BCUT2D eigenvalue weighted by Gasteiger charge is -2.20. The van der Waals surface area contributed by atoms with Crippen molar-refractivity contribution in [2.75, 3.05) is 36.6 Å². The normalized spacial score (nSPS) is 15.5. The van der Waals surface area contributed by atoms with Gasteiger partial charge in [0.05, 0.1) is 5.69 Å². The average molecular weight is 447 g/mol. The summed E-state index contributed by atoms with van der Waals surface area (Å²) in [6.45, 7) is 1.59. The molecule has 0 aliphatic carbocycles. The number of rotatable bonds is 5. The Morgan fingerprint density at radius 3 is 2.54 bits per heavy atom. The highest BCUT2D eigenvalue weighted by Crippen LogP contribution is 2.38. The van der Waals surface area contributed by atoms with Gasteiger partial charge < -0.3 is 24.4 Å². The lowest BCUT2D eigenvalue weighted by Crippen LogP contribution is -2.23. The number of carbonyl (C=O) groups excluding carboxylic acids is 2. The number of nitrogens with zero attached hydrogens (tertiary/aromatic N) is 1. The molecule has 2 heterocycles. The first-order valence-electron chi connectivity index (χ1n) is 9.02. The minimum atomic E-state index is -0.295. The summed E-state index contributed by atoms with van der Waals surface area (Å²) in [5.74, 6) is 1.64. The number of hydrogen-bond acceptors (Lipinski definition) is 5. The monoisotopic (exact) mass is 446 g/mol. The molecule has 0 saturated carbocycles. The molecule has 1 saturated heterocycles. The molecule has 2 amide bonds. The van der Waals surface area contributed by atoms with Crippen molar-refractivity contribution in [3.05, 3.63) is 40.9 Å². The van der Waals surface area contributed by atoms with Crippen LogP contribution in [0.1, 0.15) is 12.8 Å². The fourth-order valence-electron chi connectivity index (χ4n) is 3.14. The molecule has 0 bridgehead atoms. The zero-order valence-corrected chi connectivity index (χ0v) is 16.7. The summed E-state index contributed by atoms with van der Waals surface area (Å²) in [6.07, 6.45) is 1.47. The number of nitrogens with one attached hydrogen (secondary N) is 1. The first-order chi connectivity index (χ1) is 13.6. The number of halogens is 1. The molecular formula is C20H19BrN2O5. The van der Waals surface area contributed by atoms with Gasteiger partial charge in [-0.05, 0) is 46.6 Å². The maximum Gasteiger partial charge on any atom is 0.262 e. The maximum atomic E-state index is 12.2. The summed E-state index contributed by atoms with van der Waals surface area (Å²) >= 11 is 3.42. The Morgan fingerprint density at radius 1 is 1.14 bits per heavy atom. The molecule has 0 aromatic heterocycles. The molecule has 2 aliphatic heterocycles. The lowest BCUT2D eigenvalue weighted by molar-refractivity contribution is -0.118. The van der Waals surface area contributed by atoms with Crippen LogP contribution in [0.25, 0.3) is 0 Å². The highest BCUT2D eigenvalue weighted by Gasteiger charge is 2.21. The molecule has 2 aromatic carbocycles. The Balaban J connectivity index is 1.34. The summed E-state index contributed by atoms with van der Waals surface area (Å²) in [7, 11) is 0. The molecule has 1 fully saturated rings. The smallest absolute Gasteiger partial charge is 0.262 e. The molecular weight excluding hydrogens is 428 g/mol. The fourth-order valence-corrected chi connectivity index (χ4v) is 3.56. The van der Waals surface area contributed by atoms with Crippen LogP contribution in [-0.4, -0.2) is 38.2 Å². The Morgan fingerprint density at radius 2 is 1.86 bits per heavy atom. The van der Waals surface area contributed by atoms with E-state index in [-0.39, 0.29) is 18.4 Å². The molecule has 8 heteroatoms. The van der Waals surface area contributed by atoms with E-state index in [1.807, 2.05) is 12.1 Å². The van der Waals surface area contributed by atoms with E-state index in [9.17, 15) is 9.59 Å². The molecule has 2 aliphatic rings. The van der Waals surface area contributed by atoms with Crippen molar-refractivity contribution >= 4 is 39.1 Å². The molecule has 0 radical (unpaired) electrons. The summed E-state index contributed by atoms with van der Waals surface area (Å²) < 4.78 is 17.3. The molecule has 146 valence electrons. The van der Waals surface area contributed by atoms with E-state index in [1.54, 1.807) is 29.2 Å². The number of anilines is 2. The third kappa shape index (κ3) is 4.06. The van der Waals surface area contributed by atoms with Gasteiger partial charge in [0, 0.05) is 35.3 Å². The van der Waals surface area contributed by atoms with Crippen LogP contribution in [-0.2, 0) is 9.59 Å². The largest absolute Gasteiger partial charge is 0.486 e. The van der Waals surface area contributed by atoms with Crippen LogP contribution in [0.5, 0.6) is 17.2 Å². The second kappa shape index (κ2) is 8.10. The van der Waals surface area contributed by atoms with E-state index in [4.69, 9.17) is 14.2 Å². The van der Waals surface area contributed by atoms with Gasteiger partial charge in [-0.25, -0.2) is 0 Å². The van der Waals surface area contributed by atoms with Crippen LogP contribution in [0.3, 0.4) is 0 Å². The van der Waals surface area contributed by atoms with Gasteiger partial charge in [0.1, 0.15) is 19.0 Å². The van der Waals surface area contributed by atoms with E-state index in [0.29, 0.717) is 47.0 Å². The second-order valence-corrected chi connectivity index (χ2v) is 7.31. The topological polar surface area (TPSA) is 77.1 Å². The first-order valence-corrected chi connectivity index (χ1v) is 9.82. The SMILES string of the molecule is O=C(COc1ccc(N2CCCC2=O)cc1)Nc1cc2c(cc1Br)OCCO2. The van der Waals surface area contributed by atoms with Gasteiger partial charge in [-0.1, -0.05) is 0 Å². The second-order valence-electron chi connectivity index (χ2n) is 6.46. The van der Waals surface area contributed by atoms with E-state index in [2.05, 4.69) is 21.2 Å². The van der Waals surface area contributed by atoms with Crippen LogP contribution >= 0.6 is 15.9 Å². The Bertz CT molecular complexity index is 900. The number of carbonyl (C=O) groups is 2. The number of hydrogen-bond donors (Lipinski definition) is 1. The quantitative estimate of drug-likeness (QED) is 0.761. The van der Waals surface area contributed by atoms with Gasteiger partial charge in [0.15, 0.2) is 18.1 Å². The maximum absolute atomic E-state index is 12.2. The van der Waals surface area contributed by atoms with E-state index in [1.165, 1.54) is 0 Å². The highest BCUT2D eigenvalue weighted by molar-refractivity contribution is 9.10. The first kappa shape index (κ1) is 18.6. The van der Waals surface area contributed by atoms with Crippen LogP contribution in [0.2, 0.25) is 0 Å². The van der Waals surface area contributed by atoms with Crippen molar-refractivity contribution in [1.29, 1.82) is 0 Å². The standard InChI is InChI=1S/C20H19BrN2O5/c21-15-10-17-18(27-9-8-26-17)11-16(15)22-19(24)12-28-14-5-3-13(4-6-14)23-7-1-2-20(23)25/h3-6,10-11H,1-2,7-9,12H2,(H,22,24). The van der Waals surface area contributed by atoms with Crippen molar-refractivity contribution in [2.45, 2.75) is 12.8 Å². The van der Waals surface area contributed by atoms with E-state index < -0.39 is 0 Å². The molecule has 7 nitrogen and oxygen atoms in total. The molecule has 0 atom stereocenters. The summed E-state index contributed by atoms with van der Waals surface area (Å²) in [4.78, 5) is 25.8. The van der Waals surface area contributed by atoms with E-state index in [0.717, 1.165) is 18.7 Å². The lowest BCUT2D eigenvalue weighted by atomic mass is 10.2. The van der Waals surface area contributed by atoms with E-state index >= 15 is 0 Å². The fraction of sp³-hybridized carbons (Fsp3) is 0.300. The van der Waals surface area contributed by atoms with Crippen LogP contribution < -0.4 is 24.4 Å².